The summed E-state index contributed by atoms with van der Waals surface area (Å²) < 4.78 is 5.49. The number of benzene rings is 1. The average molecular weight is 248 g/mol. The van der Waals surface area contributed by atoms with E-state index in [1.165, 1.54) is 0 Å². The van der Waals surface area contributed by atoms with Gasteiger partial charge in [0.25, 0.3) is 0 Å². The molecule has 0 saturated carbocycles. The van der Waals surface area contributed by atoms with Crippen molar-refractivity contribution < 1.29 is 4.74 Å². The molecule has 0 atom stereocenters. The Kier molecular flexibility index (Phi) is 5.84. The van der Waals surface area contributed by atoms with Crippen LogP contribution in [0.4, 0.5) is 0 Å². The Hall–Kier alpha value is -0.440. The van der Waals surface area contributed by atoms with Crippen LogP contribution in [-0.4, -0.2) is 19.7 Å². The molecule has 4 heteroatoms. The summed E-state index contributed by atoms with van der Waals surface area (Å²) in [4.78, 5) is 0. The van der Waals surface area contributed by atoms with Crippen LogP contribution >= 0.6 is 23.2 Å². The largest absolute Gasteiger partial charge is 0.491 e. The van der Waals surface area contributed by atoms with E-state index in [1.807, 2.05) is 0 Å². The molecule has 0 spiro atoms. The molecule has 0 fully saturated rings. The molecule has 0 amide bonds. The third kappa shape index (κ3) is 4.74. The molecule has 0 unspecified atom stereocenters. The van der Waals surface area contributed by atoms with Gasteiger partial charge < -0.3 is 10.1 Å². The zero-order chi connectivity index (χ0) is 11.1. The van der Waals surface area contributed by atoms with Crippen molar-refractivity contribution >= 4 is 23.2 Å². The summed E-state index contributed by atoms with van der Waals surface area (Å²) in [6, 6.07) is 5.23. The lowest BCUT2D eigenvalue weighted by Crippen LogP contribution is -2.21. The fraction of sp³-hybridized carbons (Fsp3) is 0.455. The molecule has 15 heavy (non-hydrogen) atoms. The molecule has 0 aliphatic rings. The first-order valence-corrected chi connectivity index (χ1v) is 5.78. The standard InChI is InChI=1S/C11H15Cl2NO/c1-2-5-14-6-7-15-11-4-3-9(12)8-10(11)13/h3-4,8,14H,2,5-7H2,1H3. The lowest BCUT2D eigenvalue weighted by Gasteiger charge is -2.08. The van der Waals surface area contributed by atoms with Gasteiger partial charge in [-0.25, -0.2) is 0 Å². The van der Waals surface area contributed by atoms with Crippen LogP contribution < -0.4 is 10.1 Å². The first kappa shape index (κ1) is 12.6. The van der Waals surface area contributed by atoms with Gasteiger partial charge in [0.05, 0.1) is 5.02 Å². The van der Waals surface area contributed by atoms with Crippen molar-refractivity contribution in [2.75, 3.05) is 19.7 Å². The third-order valence-electron chi connectivity index (χ3n) is 1.86. The van der Waals surface area contributed by atoms with Gasteiger partial charge in [0.15, 0.2) is 0 Å². The van der Waals surface area contributed by atoms with Crippen LogP contribution in [0.25, 0.3) is 0 Å². The van der Waals surface area contributed by atoms with Crippen LogP contribution in [0, 0.1) is 0 Å². The third-order valence-corrected chi connectivity index (χ3v) is 2.39. The first-order chi connectivity index (χ1) is 7.24. The number of nitrogens with one attached hydrogen (secondary N) is 1. The molecular formula is C11H15Cl2NO. The molecule has 2 nitrogen and oxygen atoms in total. The molecule has 0 aliphatic carbocycles. The monoisotopic (exact) mass is 247 g/mol. The van der Waals surface area contributed by atoms with E-state index in [2.05, 4.69) is 12.2 Å². The minimum absolute atomic E-state index is 0.554. The molecule has 0 saturated heterocycles. The van der Waals surface area contributed by atoms with Crippen LogP contribution in [0.5, 0.6) is 5.75 Å². The lowest BCUT2D eigenvalue weighted by molar-refractivity contribution is 0.314. The number of ether oxygens (including phenoxy) is 1. The first-order valence-electron chi connectivity index (χ1n) is 5.02. The molecule has 0 bridgehead atoms. The number of rotatable bonds is 6. The molecule has 0 aliphatic heterocycles. The summed E-state index contributed by atoms with van der Waals surface area (Å²) in [5.74, 6) is 0.680. The highest BCUT2D eigenvalue weighted by atomic mass is 35.5. The normalized spacial score (nSPS) is 10.3. The maximum Gasteiger partial charge on any atom is 0.138 e. The van der Waals surface area contributed by atoms with E-state index in [0.29, 0.717) is 22.4 Å². The molecule has 1 N–H and O–H groups in total. The second kappa shape index (κ2) is 6.94. The van der Waals surface area contributed by atoms with Crippen LogP contribution in [-0.2, 0) is 0 Å². The topological polar surface area (TPSA) is 21.3 Å². The van der Waals surface area contributed by atoms with Gasteiger partial charge in [-0.15, -0.1) is 0 Å². The van der Waals surface area contributed by atoms with Gasteiger partial charge in [-0.3, -0.25) is 0 Å². The van der Waals surface area contributed by atoms with Crippen LogP contribution in [0.2, 0.25) is 10.0 Å². The average Bonchev–Trinajstić information content (AvgIpc) is 2.20. The smallest absolute Gasteiger partial charge is 0.138 e. The van der Waals surface area contributed by atoms with E-state index in [0.717, 1.165) is 19.5 Å². The van der Waals surface area contributed by atoms with Gasteiger partial charge in [-0.1, -0.05) is 30.1 Å². The van der Waals surface area contributed by atoms with Crippen molar-refractivity contribution in [3.8, 4) is 5.75 Å². The van der Waals surface area contributed by atoms with Gasteiger partial charge >= 0.3 is 0 Å². The molecule has 1 aromatic carbocycles. The van der Waals surface area contributed by atoms with Gasteiger partial charge in [0.1, 0.15) is 12.4 Å². The fourth-order valence-electron chi connectivity index (χ4n) is 1.13. The summed E-state index contributed by atoms with van der Waals surface area (Å²) in [5, 5.41) is 4.42. The van der Waals surface area contributed by atoms with Crippen LogP contribution in [0.1, 0.15) is 13.3 Å². The Morgan fingerprint density at radius 2 is 2.07 bits per heavy atom. The molecule has 0 aromatic heterocycles. The van der Waals surface area contributed by atoms with E-state index in [-0.39, 0.29) is 0 Å². The van der Waals surface area contributed by atoms with E-state index in [1.54, 1.807) is 18.2 Å². The molecule has 0 heterocycles. The Bertz CT molecular complexity index is 305. The number of halogens is 2. The highest BCUT2D eigenvalue weighted by Gasteiger charge is 2.01. The minimum Gasteiger partial charge on any atom is -0.491 e. The van der Waals surface area contributed by atoms with Crippen molar-refractivity contribution in [2.45, 2.75) is 13.3 Å². The summed E-state index contributed by atoms with van der Waals surface area (Å²) in [7, 11) is 0. The maximum atomic E-state index is 5.94. The maximum absolute atomic E-state index is 5.94. The summed E-state index contributed by atoms with van der Waals surface area (Å²) >= 11 is 11.7. The summed E-state index contributed by atoms with van der Waals surface area (Å²) in [6.45, 7) is 4.58. The van der Waals surface area contributed by atoms with Gasteiger partial charge in [-0.2, -0.15) is 0 Å². The van der Waals surface area contributed by atoms with E-state index >= 15 is 0 Å². The molecular weight excluding hydrogens is 233 g/mol. The van der Waals surface area contributed by atoms with Crippen molar-refractivity contribution in [3.63, 3.8) is 0 Å². The zero-order valence-electron chi connectivity index (χ0n) is 8.72. The molecule has 1 aromatic rings. The predicted molar refractivity (Wildman–Crippen MR) is 65.1 cm³/mol. The summed E-state index contributed by atoms with van der Waals surface area (Å²) in [5.41, 5.74) is 0. The van der Waals surface area contributed by atoms with E-state index < -0.39 is 0 Å². The van der Waals surface area contributed by atoms with E-state index in [9.17, 15) is 0 Å². The van der Waals surface area contributed by atoms with Gasteiger partial charge in [-0.05, 0) is 31.2 Å². The second-order valence-corrected chi connectivity index (χ2v) is 4.02. The van der Waals surface area contributed by atoms with Gasteiger partial charge in [0, 0.05) is 11.6 Å². The number of hydrogen-bond donors (Lipinski definition) is 1. The lowest BCUT2D eigenvalue weighted by atomic mass is 10.3. The Labute approximate surface area is 101 Å². The minimum atomic E-state index is 0.554. The molecule has 84 valence electrons. The van der Waals surface area contributed by atoms with Crippen molar-refractivity contribution in [2.24, 2.45) is 0 Å². The Morgan fingerprint density at radius 3 is 2.73 bits per heavy atom. The molecule has 0 radical (unpaired) electrons. The number of hydrogen-bond acceptors (Lipinski definition) is 2. The van der Waals surface area contributed by atoms with E-state index in [4.69, 9.17) is 27.9 Å². The van der Waals surface area contributed by atoms with Gasteiger partial charge in [0.2, 0.25) is 0 Å². The highest BCUT2D eigenvalue weighted by molar-refractivity contribution is 6.35. The highest BCUT2D eigenvalue weighted by Crippen LogP contribution is 2.27. The van der Waals surface area contributed by atoms with Crippen molar-refractivity contribution in [1.29, 1.82) is 0 Å². The Balaban J connectivity index is 2.31. The SMILES string of the molecule is CCCNCCOc1ccc(Cl)cc1Cl. The van der Waals surface area contributed by atoms with Crippen molar-refractivity contribution in [1.82, 2.24) is 5.32 Å². The summed E-state index contributed by atoms with van der Waals surface area (Å²) in [6.07, 6.45) is 1.13. The molecule has 1 rings (SSSR count). The Morgan fingerprint density at radius 1 is 1.27 bits per heavy atom. The fourth-order valence-corrected chi connectivity index (χ4v) is 1.59. The zero-order valence-corrected chi connectivity index (χ0v) is 10.2. The van der Waals surface area contributed by atoms with Crippen LogP contribution in [0.15, 0.2) is 18.2 Å². The quantitative estimate of drug-likeness (QED) is 0.779. The van der Waals surface area contributed by atoms with Crippen LogP contribution in [0.3, 0.4) is 0 Å². The van der Waals surface area contributed by atoms with Crippen molar-refractivity contribution in [3.05, 3.63) is 28.2 Å². The second-order valence-electron chi connectivity index (χ2n) is 3.17. The predicted octanol–water partition coefficient (Wildman–Crippen LogP) is 3.37.